The van der Waals surface area contributed by atoms with Crippen molar-refractivity contribution in [2.75, 3.05) is 26.7 Å². The first-order valence-corrected chi connectivity index (χ1v) is 11.5. The first-order chi connectivity index (χ1) is 16.2. The summed E-state index contributed by atoms with van der Waals surface area (Å²) in [7, 11) is 1.71. The van der Waals surface area contributed by atoms with Crippen molar-refractivity contribution in [2.45, 2.75) is 31.0 Å². The number of ether oxygens (including phenoxy) is 2. The summed E-state index contributed by atoms with van der Waals surface area (Å²) in [5.74, 6) is 1.39. The molecule has 3 aliphatic rings. The number of aliphatic hydroxyl groups is 1. The molecule has 0 saturated carbocycles. The van der Waals surface area contributed by atoms with E-state index in [0.29, 0.717) is 5.88 Å². The lowest BCUT2D eigenvalue weighted by Gasteiger charge is -2.38. The third-order valence-electron chi connectivity index (χ3n) is 6.67. The fourth-order valence-electron chi connectivity index (χ4n) is 4.72. The molecule has 0 aromatic carbocycles. The molecule has 33 heavy (non-hydrogen) atoms. The number of aromatic nitrogens is 2. The van der Waals surface area contributed by atoms with E-state index in [1.54, 1.807) is 25.7 Å². The second-order valence-electron chi connectivity index (χ2n) is 8.69. The van der Waals surface area contributed by atoms with Gasteiger partial charge in [-0.25, -0.2) is 4.98 Å². The molecule has 1 fully saturated rings. The van der Waals surface area contributed by atoms with Gasteiger partial charge in [0.15, 0.2) is 0 Å². The molecule has 1 aliphatic carbocycles. The van der Waals surface area contributed by atoms with E-state index in [0.717, 1.165) is 66.9 Å². The van der Waals surface area contributed by atoms with Crippen LogP contribution in [0.3, 0.4) is 0 Å². The van der Waals surface area contributed by atoms with Crippen LogP contribution in [0, 0.1) is 0 Å². The average molecular weight is 444 g/mol. The number of hydrogen-bond donors (Lipinski definition) is 1. The standard InChI is InChI=1S/C27H29N3O3/c1-32-24-9-2-10-25-23(24)18-20(22-8-4-14-29-26(22)33-25)6-5-15-30-16-11-27(31,12-17-30)21-7-3-13-28-19-21/h2-4,6-10,13-14,18-19,24,31H,5,11-12,15-17H2,1H3. The van der Waals surface area contributed by atoms with Crippen molar-refractivity contribution in [1.29, 1.82) is 0 Å². The van der Waals surface area contributed by atoms with Gasteiger partial charge in [-0.05, 0) is 55.2 Å². The minimum absolute atomic E-state index is 0.144. The van der Waals surface area contributed by atoms with E-state index in [4.69, 9.17) is 9.47 Å². The number of pyridine rings is 2. The SMILES string of the molecule is COC1C=CC=C2Oc3ncccc3C(=CCCN3CCC(O)(c4cccnc4)CC3)C=C21. The Hall–Kier alpha value is -3.06. The van der Waals surface area contributed by atoms with Crippen molar-refractivity contribution in [2.24, 2.45) is 0 Å². The van der Waals surface area contributed by atoms with Gasteiger partial charge in [-0.1, -0.05) is 24.3 Å². The molecule has 0 radical (unpaired) electrons. The Morgan fingerprint density at radius 2 is 2.09 bits per heavy atom. The third-order valence-corrected chi connectivity index (χ3v) is 6.67. The molecular weight excluding hydrogens is 414 g/mol. The average Bonchev–Trinajstić information content (AvgIpc) is 3.02. The summed E-state index contributed by atoms with van der Waals surface area (Å²) in [5.41, 5.74) is 3.23. The molecular formula is C27H29N3O3. The molecule has 5 rings (SSSR count). The van der Waals surface area contributed by atoms with Gasteiger partial charge in [-0.15, -0.1) is 0 Å². The highest BCUT2D eigenvalue weighted by Crippen LogP contribution is 2.37. The monoisotopic (exact) mass is 443 g/mol. The summed E-state index contributed by atoms with van der Waals surface area (Å²) < 4.78 is 11.8. The maximum absolute atomic E-state index is 11.1. The van der Waals surface area contributed by atoms with Gasteiger partial charge < -0.3 is 19.5 Å². The molecule has 6 heteroatoms. The second-order valence-corrected chi connectivity index (χ2v) is 8.69. The Kier molecular flexibility index (Phi) is 6.22. The Balaban J connectivity index is 1.30. The van der Waals surface area contributed by atoms with Gasteiger partial charge in [-0.2, -0.15) is 0 Å². The van der Waals surface area contributed by atoms with Crippen LogP contribution in [-0.4, -0.2) is 52.8 Å². The first-order valence-electron chi connectivity index (χ1n) is 11.5. The van der Waals surface area contributed by atoms with E-state index >= 15 is 0 Å². The first kappa shape index (κ1) is 21.8. The molecule has 4 heterocycles. The Morgan fingerprint density at radius 1 is 1.24 bits per heavy atom. The lowest BCUT2D eigenvalue weighted by atomic mass is 9.85. The highest BCUT2D eigenvalue weighted by atomic mass is 16.5. The summed E-state index contributed by atoms with van der Waals surface area (Å²) >= 11 is 0. The number of rotatable bonds is 5. The number of fused-ring (bicyclic) bond motifs is 2. The number of nitrogens with zero attached hydrogens (tertiary/aromatic N) is 3. The second kappa shape index (κ2) is 9.43. The molecule has 1 unspecified atom stereocenters. The quantitative estimate of drug-likeness (QED) is 0.753. The largest absolute Gasteiger partial charge is 0.438 e. The smallest absolute Gasteiger partial charge is 0.227 e. The van der Waals surface area contributed by atoms with E-state index < -0.39 is 5.60 Å². The zero-order valence-electron chi connectivity index (χ0n) is 18.9. The van der Waals surface area contributed by atoms with E-state index in [2.05, 4.69) is 27.0 Å². The molecule has 0 bridgehead atoms. The Morgan fingerprint density at radius 3 is 2.88 bits per heavy atom. The molecule has 0 amide bonds. The van der Waals surface area contributed by atoms with Crippen molar-refractivity contribution in [3.63, 3.8) is 0 Å². The van der Waals surface area contributed by atoms with Crippen molar-refractivity contribution in [3.05, 3.63) is 95.7 Å². The number of methoxy groups -OCH3 is 1. The van der Waals surface area contributed by atoms with Crippen LogP contribution in [0.5, 0.6) is 5.88 Å². The molecule has 1 N–H and O–H groups in total. The van der Waals surface area contributed by atoms with Crippen LogP contribution in [0.25, 0.3) is 5.57 Å². The van der Waals surface area contributed by atoms with Crippen LogP contribution in [0.15, 0.2) is 84.6 Å². The van der Waals surface area contributed by atoms with Crippen molar-refractivity contribution < 1.29 is 14.6 Å². The molecule has 1 atom stereocenters. The van der Waals surface area contributed by atoms with Gasteiger partial charge in [0, 0.05) is 62.0 Å². The summed E-state index contributed by atoms with van der Waals surface area (Å²) in [6, 6.07) is 7.85. The minimum atomic E-state index is -0.775. The molecule has 2 aromatic heterocycles. The lowest BCUT2D eigenvalue weighted by molar-refractivity contribution is -0.0257. The topological polar surface area (TPSA) is 67.7 Å². The van der Waals surface area contributed by atoms with Crippen LogP contribution >= 0.6 is 0 Å². The van der Waals surface area contributed by atoms with E-state index in [-0.39, 0.29) is 6.10 Å². The number of allylic oxidation sites excluding steroid dienone is 4. The fourth-order valence-corrected chi connectivity index (χ4v) is 4.72. The van der Waals surface area contributed by atoms with E-state index in [1.165, 1.54) is 0 Å². The number of piperidine rings is 1. The van der Waals surface area contributed by atoms with E-state index in [9.17, 15) is 5.11 Å². The van der Waals surface area contributed by atoms with Crippen LogP contribution in [0.1, 0.15) is 30.4 Å². The Labute approximate surface area is 194 Å². The number of hydrogen-bond acceptors (Lipinski definition) is 6. The molecule has 170 valence electrons. The molecule has 1 saturated heterocycles. The van der Waals surface area contributed by atoms with E-state index in [1.807, 2.05) is 42.5 Å². The summed E-state index contributed by atoms with van der Waals surface area (Å²) in [4.78, 5) is 11.1. The lowest BCUT2D eigenvalue weighted by Crippen LogP contribution is -2.42. The summed E-state index contributed by atoms with van der Waals surface area (Å²) in [6.45, 7) is 2.66. The van der Waals surface area contributed by atoms with Crippen molar-refractivity contribution in [3.8, 4) is 5.88 Å². The minimum Gasteiger partial charge on any atom is -0.438 e. The van der Waals surface area contributed by atoms with Crippen molar-refractivity contribution in [1.82, 2.24) is 14.9 Å². The molecule has 0 spiro atoms. The molecule has 2 aromatic rings. The van der Waals surface area contributed by atoms with Crippen LogP contribution < -0.4 is 4.74 Å². The molecule has 2 aliphatic heterocycles. The van der Waals surface area contributed by atoms with Crippen LogP contribution in [-0.2, 0) is 10.3 Å². The summed E-state index contributed by atoms with van der Waals surface area (Å²) in [5, 5.41) is 11.1. The number of likely N-dealkylation sites (tertiary alicyclic amines) is 1. The van der Waals surface area contributed by atoms with Gasteiger partial charge in [0.05, 0.1) is 5.60 Å². The van der Waals surface area contributed by atoms with Gasteiger partial charge in [0.25, 0.3) is 0 Å². The van der Waals surface area contributed by atoms with Crippen LogP contribution in [0.4, 0.5) is 0 Å². The maximum atomic E-state index is 11.1. The van der Waals surface area contributed by atoms with Gasteiger partial charge >= 0.3 is 0 Å². The maximum Gasteiger partial charge on any atom is 0.227 e. The predicted octanol–water partition coefficient (Wildman–Crippen LogP) is 4.02. The van der Waals surface area contributed by atoms with Gasteiger partial charge in [0.1, 0.15) is 11.9 Å². The zero-order chi connectivity index (χ0) is 22.7. The third kappa shape index (κ3) is 4.55. The zero-order valence-corrected chi connectivity index (χ0v) is 18.9. The fraction of sp³-hybridized carbons (Fsp3) is 0.333. The Bertz CT molecular complexity index is 1110. The highest BCUT2D eigenvalue weighted by molar-refractivity contribution is 5.80. The summed E-state index contributed by atoms with van der Waals surface area (Å²) in [6.07, 6.45) is 17.8. The van der Waals surface area contributed by atoms with Gasteiger partial charge in [-0.3, -0.25) is 4.98 Å². The van der Waals surface area contributed by atoms with Crippen LogP contribution in [0.2, 0.25) is 0 Å². The van der Waals surface area contributed by atoms with Crippen molar-refractivity contribution >= 4 is 5.57 Å². The molecule has 6 nitrogen and oxygen atoms in total. The predicted molar refractivity (Wildman–Crippen MR) is 127 cm³/mol. The normalized spacial score (nSPS) is 23.1. The highest BCUT2D eigenvalue weighted by Gasteiger charge is 2.34. The van der Waals surface area contributed by atoms with Gasteiger partial charge in [0.2, 0.25) is 5.88 Å².